The van der Waals surface area contributed by atoms with Crippen LogP contribution in [-0.2, 0) is 17.8 Å². The van der Waals surface area contributed by atoms with Gasteiger partial charge in [-0.25, -0.2) is 0 Å². The molecule has 0 spiro atoms. The van der Waals surface area contributed by atoms with E-state index in [1.165, 1.54) is 4.90 Å². The van der Waals surface area contributed by atoms with Crippen molar-refractivity contribution in [2.45, 2.75) is 19.9 Å². The molecule has 0 aliphatic carbocycles. The van der Waals surface area contributed by atoms with Crippen LogP contribution in [0.3, 0.4) is 0 Å². The van der Waals surface area contributed by atoms with Gasteiger partial charge in [-0.15, -0.1) is 0 Å². The van der Waals surface area contributed by atoms with Crippen molar-refractivity contribution in [3.8, 4) is 0 Å². The van der Waals surface area contributed by atoms with E-state index in [0.29, 0.717) is 29.4 Å². The zero-order chi connectivity index (χ0) is 14.3. The fourth-order valence-electron chi connectivity index (χ4n) is 2.06. The molecule has 2 aromatic rings. The van der Waals surface area contributed by atoms with Gasteiger partial charge in [-0.2, -0.15) is 4.98 Å². The van der Waals surface area contributed by atoms with Crippen LogP contribution in [0.4, 0.5) is 5.69 Å². The van der Waals surface area contributed by atoms with Gasteiger partial charge in [0.1, 0.15) is 6.54 Å². The first-order valence-electron chi connectivity index (χ1n) is 6.07. The zero-order valence-corrected chi connectivity index (χ0v) is 12.2. The second-order valence-electron chi connectivity index (χ2n) is 4.34. The summed E-state index contributed by atoms with van der Waals surface area (Å²) in [6.07, 6.45) is 0.651. The van der Waals surface area contributed by atoms with Crippen LogP contribution in [0.5, 0.6) is 0 Å². The van der Waals surface area contributed by atoms with Crippen LogP contribution in [0.2, 0.25) is 0 Å². The molecular weight excluding hydrogens is 326 g/mol. The normalized spacial score (nSPS) is 14.0. The summed E-state index contributed by atoms with van der Waals surface area (Å²) in [7, 11) is 0. The lowest BCUT2D eigenvalue weighted by Gasteiger charge is -2.13. The summed E-state index contributed by atoms with van der Waals surface area (Å²) in [6, 6.07) is 5.09. The number of ketones is 1. The van der Waals surface area contributed by atoms with E-state index in [1.807, 2.05) is 6.92 Å². The lowest BCUT2D eigenvalue weighted by molar-refractivity contribution is -0.114. The summed E-state index contributed by atoms with van der Waals surface area (Å²) >= 11 is 3.33. The number of carbonyl (C=O) groups is 2. The molecule has 0 atom stereocenters. The lowest BCUT2D eigenvalue weighted by Crippen LogP contribution is -2.29. The van der Waals surface area contributed by atoms with E-state index in [-0.39, 0.29) is 6.54 Å². The number of halogens is 1. The third-order valence-corrected chi connectivity index (χ3v) is 3.55. The zero-order valence-electron chi connectivity index (χ0n) is 10.6. The molecule has 20 heavy (non-hydrogen) atoms. The molecule has 6 nitrogen and oxygen atoms in total. The van der Waals surface area contributed by atoms with Crippen LogP contribution in [0.25, 0.3) is 0 Å². The van der Waals surface area contributed by atoms with Crippen LogP contribution in [0, 0.1) is 0 Å². The van der Waals surface area contributed by atoms with E-state index in [4.69, 9.17) is 4.52 Å². The molecule has 3 rings (SSSR count). The van der Waals surface area contributed by atoms with Crippen LogP contribution < -0.4 is 4.90 Å². The second-order valence-corrected chi connectivity index (χ2v) is 5.26. The van der Waals surface area contributed by atoms with Crippen molar-refractivity contribution in [3.05, 3.63) is 40.0 Å². The Bertz CT molecular complexity index is 711. The first kappa shape index (κ1) is 13.0. The average Bonchev–Trinajstić information content (AvgIpc) is 2.98. The third kappa shape index (κ3) is 2.03. The predicted octanol–water partition coefficient (Wildman–Crippen LogP) is 2.12. The summed E-state index contributed by atoms with van der Waals surface area (Å²) in [5.41, 5.74) is 0.957. The number of Topliss-reactive ketones (excluding diaryl/α,β-unsaturated/α-hetero) is 1. The summed E-state index contributed by atoms with van der Waals surface area (Å²) in [4.78, 5) is 29.4. The van der Waals surface area contributed by atoms with Gasteiger partial charge in [0.15, 0.2) is 5.82 Å². The van der Waals surface area contributed by atoms with Crippen LogP contribution in [0.15, 0.2) is 27.2 Å². The number of anilines is 1. The molecule has 1 aliphatic rings. The highest BCUT2D eigenvalue weighted by Gasteiger charge is 2.36. The quantitative estimate of drug-likeness (QED) is 0.803. The molecule has 0 N–H and O–H groups in total. The van der Waals surface area contributed by atoms with E-state index in [2.05, 4.69) is 26.1 Å². The Morgan fingerprint density at radius 3 is 2.85 bits per heavy atom. The van der Waals surface area contributed by atoms with E-state index >= 15 is 0 Å². The van der Waals surface area contributed by atoms with Gasteiger partial charge in [0, 0.05) is 10.9 Å². The number of amides is 1. The highest BCUT2D eigenvalue weighted by molar-refractivity contribution is 9.10. The smallest absolute Gasteiger partial charge is 0.299 e. The Morgan fingerprint density at radius 1 is 1.35 bits per heavy atom. The fourth-order valence-corrected chi connectivity index (χ4v) is 2.41. The van der Waals surface area contributed by atoms with Gasteiger partial charge in [-0.1, -0.05) is 28.0 Å². The molecule has 1 aromatic carbocycles. The van der Waals surface area contributed by atoms with Crippen LogP contribution in [-0.4, -0.2) is 21.8 Å². The van der Waals surface area contributed by atoms with Gasteiger partial charge in [0.25, 0.3) is 11.7 Å². The molecule has 0 radical (unpaired) electrons. The molecule has 0 saturated carbocycles. The average molecular weight is 336 g/mol. The van der Waals surface area contributed by atoms with Crippen molar-refractivity contribution in [2.24, 2.45) is 0 Å². The van der Waals surface area contributed by atoms with E-state index in [9.17, 15) is 9.59 Å². The maximum atomic E-state index is 12.0. The van der Waals surface area contributed by atoms with Crippen molar-refractivity contribution < 1.29 is 14.1 Å². The third-order valence-electron chi connectivity index (χ3n) is 3.05. The second kappa shape index (κ2) is 4.82. The lowest BCUT2D eigenvalue weighted by atomic mass is 10.1. The number of fused-ring (bicyclic) bond motifs is 1. The maximum Gasteiger partial charge on any atom is 0.299 e. The minimum atomic E-state index is -0.575. The first-order valence-corrected chi connectivity index (χ1v) is 6.86. The number of aromatic nitrogens is 2. The van der Waals surface area contributed by atoms with Crippen molar-refractivity contribution in [1.82, 2.24) is 10.1 Å². The Morgan fingerprint density at radius 2 is 2.15 bits per heavy atom. The number of rotatable bonds is 3. The highest BCUT2D eigenvalue weighted by atomic mass is 79.9. The number of benzene rings is 1. The fraction of sp³-hybridized carbons (Fsp3) is 0.231. The largest absolute Gasteiger partial charge is 0.337 e. The molecule has 0 unspecified atom stereocenters. The predicted molar refractivity (Wildman–Crippen MR) is 73.3 cm³/mol. The molecule has 0 fully saturated rings. The molecule has 2 heterocycles. The van der Waals surface area contributed by atoms with E-state index < -0.39 is 11.7 Å². The summed E-state index contributed by atoms with van der Waals surface area (Å²) in [5, 5.41) is 3.78. The SMILES string of the molecule is CCc1noc(CN2C(=O)C(=O)c3ccc(Br)cc32)n1. The summed E-state index contributed by atoms with van der Waals surface area (Å²) < 4.78 is 5.86. The highest BCUT2D eigenvalue weighted by Crippen LogP contribution is 2.32. The number of hydrogen-bond donors (Lipinski definition) is 0. The Kier molecular flexibility index (Phi) is 3.13. The molecule has 1 aliphatic heterocycles. The van der Waals surface area contributed by atoms with Gasteiger partial charge in [0.2, 0.25) is 5.89 Å². The topological polar surface area (TPSA) is 76.3 Å². The molecule has 0 bridgehead atoms. The van der Waals surface area contributed by atoms with Crippen molar-refractivity contribution in [2.75, 3.05) is 4.90 Å². The van der Waals surface area contributed by atoms with E-state index in [0.717, 1.165) is 4.47 Å². The number of nitrogens with zero attached hydrogens (tertiary/aromatic N) is 3. The van der Waals surface area contributed by atoms with E-state index in [1.54, 1.807) is 18.2 Å². The minimum absolute atomic E-state index is 0.0982. The minimum Gasteiger partial charge on any atom is -0.337 e. The van der Waals surface area contributed by atoms with Crippen molar-refractivity contribution in [1.29, 1.82) is 0 Å². The Balaban J connectivity index is 1.96. The molecule has 1 amide bonds. The van der Waals surface area contributed by atoms with Crippen molar-refractivity contribution >= 4 is 33.3 Å². The van der Waals surface area contributed by atoms with Gasteiger partial charge in [-0.05, 0) is 18.2 Å². The molecule has 0 saturated heterocycles. The van der Waals surface area contributed by atoms with Gasteiger partial charge >= 0.3 is 0 Å². The maximum absolute atomic E-state index is 12.0. The molecule has 7 heteroatoms. The standard InChI is InChI=1S/C13H10BrN3O3/c1-2-10-15-11(20-16-10)6-17-9-5-7(14)3-4-8(9)12(18)13(17)19/h3-5H,2,6H2,1H3. The van der Waals surface area contributed by atoms with Gasteiger partial charge < -0.3 is 4.52 Å². The number of aryl methyl sites for hydroxylation is 1. The Labute approximate surface area is 122 Å². The molecule has 102 valence electrons. The summed E-state index contributed by atoms with van der Waals surface area (Å²) in [5.74, 6) is -0.194. The van der Waals surface area contributed by atoms with Crippen LogP contribution >= 0.6 is 15.9 Å². The number of hydrogen-bond acceptors (Lipinski definition) is 5. The number of carbonyl (C=O) groups excluding carboxylic acids is 2. The monoisotopic (exact) mass is 335 g/mol. The molecule has 1 aromatic heterocycles. The Hall–Kier alpha value is -2.02. The van der Waals surface area contributed by atoms with Gasteiger partial charge in [-0.3, -0.25) is 14.5 Å². The van der Waals surface area contributed by atoms with Crippen molar-refractivity contribution in [3.63, 3.8) is 0 Å². The first-order chi connectivity index (χ1) is 9.60. The molecular formula is C13H10BrN3O3. The summed E-state index contributed by atoms with van der Waals surface area (Å²) in [6.45, 7) is 2.01. The van der Waals surface area contributed by atoms with Gasteiger partial charge in [0.05, 0.1) is 11.3 Å². The van der Waals surface area contributed by atoms with Crippen LogP contribution in [0.1, 0.15) is 29.0 Å².